The number of aromatic nitrogens is 1. The van der Waals surface area contributed by atoms with Crippen molar-refractivity contribution in [1.82, 2.24) is 4.98 Å². The van der Waals surface area contributed by atoms with Gasteiger partial charge in [-0.3, -0.25) is 4.79 Å². The van der Waals surface area contributed by atoms with E-state index in [1.165, 1.54) is 19.2 Å². The summed E-state index contributed by atoms with van der Waals surface area (Å²) < 4.78 is 0. The van der Waals surface area contributed by atoms with Gasteiger partial charge in [-0.25, -0.2) is 4.98 Å². The molecule has 1 amide bonds. The number of nitrogens with one attached hydrogen (secondary N) is 1. The van der Waals surface area contributed by atoms with Crippen molar-refractivity contribution in [3.63, 3.8) is 0 Å². The maximum Gasteiger partial charge on any atom is 0.222 e. The Kier molecular flexibility index (Phi) is 2.89. The highest BCUT2D eigenvalue weighted by atomic mass is 35.5. The molecular weight excluding hydrogens is 199 g/mol. The number of carbonyl (C=O) groups is 1. The third kappa shape index (κ3) is 2.36. The zero-order chi connectivity index (χ0) is 9.14. The van der Waals surface area contributed by atoms with Crippen LogP contribution in [0.3, 0.4) is 0 Å². The molecule has 0 aliphatic carbocycles. The smallest absolute Gasteiger partial charge is 0.222 e. The lowest BCUT2D eigenvalue weighted by molar-refractivity contribution is -0.114. The van der Waals surface area contributed by atoms with Crippen molar-refractivity contribution in [2.45, 2.75) is 6.92 Å². The van der Waals surface area contributed by atoms with Gasteiger partial charge in [0.1, 0.15) is 5.82 Å². The van der Waals surface area contributed by atoms with Crippen LogP contribution in [0.2, 0.25) is 10.0 Å². The minimum Gasteiger partial charge on any atom is -0.311 e. The maximum absolute atomic E-state index is 10.6. The number of rotatable bonds is 1. The molecule has 0 aliphatic rings. The molecule has 1 rings (SSSR count). The highest BCUT2D eigenvalue weighted by Gasteiger charge is 2.01. The predicted octanol–water partition coefficient (Wildman–Crippen LogP) is 2.35. The molecule has 5 heteroatoms. The Morgan fingerprint density at radius 3 is 2.67 bits per heavy atom. The van der Waals surface area contributed by atoms with E-state index in [0.717, 1.165) is 0 Å². The van der Waals surface area contributed by atoms with Crippen LogP contribution in [0.5, 0.6) is 0 Å². The van der Waals surface area contributed by atoms with Crippen molar-refractivity contribution in [2.75, 3.05) is 5.32 Å². The lowest BCUT2D eigenvalue weighted by atomic mass is 10.4. The molecule has 0 aliphatic heterocycles. The Hall–Kier alpha value is -0.800. The summed E-state index contributed by atoms with van der Waals surface area (Å²) in [5.74, 6) is 0.206. The third-order valence-corrected chi connectivity index (χ3v) is 1.82. The van der Waals surface area contributed by atoms with Crippen molar-refractivity contribution in [1.29, 1.82) is 0 Å². The summed E-state index contributed by atoms with van der Waals surface area (Å²) in [5.41, 5.74) is 0. The van der Waals surface area contributed by atoms with E-state index in [0.29, 0.717) is 15.9 Å². The lowest BCUT2D eigenvalue weighted by Crippen LogP contribution is -2.06. The van der Waals surface area contributed by atoms with E-state index in [4.69, 9.17) is 23.2 Å². The van der Waals surface area contributed by atoms with Crippen LogP contribution in [-0.4, -0.2) is 10.9 Å². The van der Waals surface area contributed by atoms with Gasteiger partial charge in [0.15, 0.2) is 0 Å². The van der Waals surface area contributed by atoms with Crippen LogP contribution in [0.1, 0.15) is 6.92 Å². The first-order valence-corrected chi connectivity index (χ1v) is 3.94. The summed E-state index contributed by atoms with van der Waals surface area (Å²) in [4.78, 5) is 14.4. The van der Waals surface area contributed by atoms with Gasteiger partial charge in [-0.05, 0) is 0 Å². The van der Waals surface area contributed by atoms with Crippen molar-refractivity contribution in [2.24, 2.45) is 0 Å². The first-order chi connectivity index (χ1) is 5.59. The SMILES string of the molecule is CC(=O)Nc1cc(Cl)c(Cl)cn1. The molecule has 0 aromatic carbocycles. The second kappa shape index (κ2) is 3.74. The Morgan fingerprint density at radius 2 is 2.17 bits per heavy atom. The summed E-state index contributed by atoms with van der Waals surface area (Å²) in [7, 11) is 0. The van der Waals surface area contributed by atoms with E-state index >= 15 is 0 Å². The largest absolute Gasteiger partial charge is 0.311 e. The predicted molar refractivity (Wildman–Crippen MR) is 48.6 cm³/mol. The van der Waals surface area contributed by atoms with E-state index < -0.39 is 0 Å². The number of pyridine rings is 1. The van der Waals surface area contributed by atoms with Crippen LogP contribution in [0, 0.1) is 0 Å². The average Bonchev–Trinajstić information content (AvgIpc) is 1.96. The van der Waals surface area contributed by atoms with Crippen LogP contribution in [0.15, 0.2) is 12.3 Å². The minimum atomic E-state index is -0.194. The van der Waals surface area contributed by atoms with Crippen LogP contribution in [-0.2, 0) is 4.79 Å². The van der Waals surface area contributed by atoms with Crippen LogP contribution >= 0.6 is 23.2 Å². The number of hydrogen-bond donors (Lipinski definition) is 1. The van der Waals surface area contributed by atoms with E-state index in [9.17, 15) is 4.79 Å². The zero-order valence-electron chi connectivity index (χ0n) is 6.27. The molecule has 12 heavy (non-hydrogen) atoms. The summed E-state index contributed by atoms with van der Waals surface area (Å²) in [6.45, 7) is 1.39. The number of amides is 1. The quantitative estimate of drug-likeness (QED) is 0.764. The molecule has 0 radical (unpaired) electrons. The molecule has 0 fully saturated rings. The topological polar surface area (TPSA) is 42.0 Å². The zero-order valence-corrected chi connectivity index (χ0v) is 7.78. The monoisotopic (exact) mass is 204 g/mol. The van der Waals surface area contributed by atoms with E-state index in [1.807, 2.05) is 0 Å². The fourth-order valence-electron chi connectivity index (χ4n) is 0.663. The standard InChI is InChI=1S/C7H6Cl2N2O/c1-4(12)11-7-2-5(8)6(9)3-10-7/h2-3H,1H3,(H,10,11,12). The fraction of sp³-hybridized carbons (Fsp3) is 0.143. The Bertz CT molecular complexity index is 314. The van der Waals surface area contributed by atoms with Crippen LogP contribution < -0.4 is 5.32 Å². The molecule has 3 nitrogen and oxygen atoms in total. The number of halogens is 2. The van der Waals surface area contributed by atoms with Crippen LogP contribution in [0.4, 0.5) is 5.82 Å². The summed E-state index contributed by atoms with van der Waals surface area (Å²) in [6.07, 6.45) is 1.38. The maximum atomic E-state index is 10.6. The van der Waals surface area contributed by atoms with E-state index in [2.05, 4.69) is 10.3 Å². The number of anilines is 1. The molecule has 64 valence electrons. The highest BCUT2D eigenvalue weighted by molar-refractivity contribution is 6.42. The Morgan fingerprint density at radius 1 is 1.50 bits per heavy atom. The minimum absolute atomic E-state index is 0.194. The molecule has 1 aromatic rings. The van der Waals surface area contributed by atoms with Crippen molar-refractivity contribution >= 4 is 34.9 Å². The summed E-state index contributed by atoms with van der Waals surface area (Å²) >= 11 is 11.3. The second-order valence-electron chi connectivity index (χ2n) is 2.16. The third-order valence-electron chi connectivity index (χ3n) is 1.11. The van der Waals surface area contributed by atoms with Crippen molar-refractivity contribution in [3.05, 3.63) is 22.3 Å². The molecule has 0 saturated carbocycles. The van der Waals surface area contributed by atoms with Gasteiger partial charge in [-0.15, -0.1) is 0 Å². The van der Waals surface area contributed by atoms with Gasteiger partial charge in [0.05, 0.1) is 10.0 Å². The Labute approximate surface area is 79.7 Å². The van der Waals surface area contributed by atoms with Crippen LogP contribution in [0.25, 0.3) is 0 Å². The molecule has 0 spiro atoms. The van der Waals surface area contributed by atoms with Gasteiger partial charge in [0.25, 0.3) is 0 Å². The highest BCUT2D eigenvalue weighted by Crippen LogP contribution is 2.22. The molecule has 1 aromatic heterocycles. The van der Waals surface area contributed by atoms with Gasteiger partial charge in [-0.1, -0.05) is 23.2 Å². The van der Waals surface area contributed by atoms with Crippen molar-refractivity contribution < 1.29 is 4.79 Å². The average molecular weight is 205 g/mol. The molecule has 0 saturated heterocycles. The normalized spacial score (nSPS) is 9.58. The molecule has 1 N–H and O–H groups in total. The summed E-state index contributed by atoms with van der Waals surface area (Å²) in [5, 5.41) is 3.22. The first-order valence-electron chi connectivity index (χ1n) is 3.18. The van der Waals surface area contributed by atoms with Crippen molar-refractivity contribution in [3.8, 4) is 0 Å². The van der Waals surface area contributed by atoms with Gasteiger partial charge in [0.2, 0.25) is 5.91 Å². The molecule has 0 unspecified atom stereocenters. The van der Waals surface area contributed by atoms with Gasteiger partial charge >= 0.3 is 0 Å². The number of nitrogens with zero attached hydrogens (tertiary/aromatic N) is 1. The molecule has 1 heterocycles. The Balaban J connectivity index is 2.89. The van der Waals surface area contributed by atoms with Gasteiger partial charge < -0.3 is 5.32 Å². The molecule has 0 atom stereocenters. The molecule has 0 bridgehead atoms. The van der Waals surface area contributed by atoms with E-state index in [1.54, 1.807) is 0 Å². The number of carbonyl (C=O) groups excluding carboxylic acids is 1. The first kappa shape index (κ1) is 9.29. The molecular formula is C7H6Cl2N2O. The van der Waals surface area contributed by atoms with E-state index in [-0.39, 0.29) is 5.91 Å². The second-order valence-corrected chi connectivity index (χ2v) is 2.98. The van der Waals surface area contributed by atoms with Gasteiger partial charge in [-0.2, -0.15) is 0 Å². The van der Waals surface area contributed by atoms with Gasteiger partial charge in [0, 0.05) is 19.2 Å². The summed E-state index contributed by atoms with van der Waals surface area (Å²) in [6, 6.07) is 1.49. The number of hydrogen-bond acceptors (Lipinski definition) is 2. The lowest BCUT2D eigenvalue weighted by Gasteiger charge is -2.01. The fourth-order valence-corrected chi connectivity index (χ4v) is 0.918.